The molecule has 15 heavy (non-hydrogen) atoms. The molecule has 0 nitrogen and oxygen atoms in total. The molecular weight excluding hydrogens is 250 g/mol. The molecule has 0 saturated carbocycles. The normalized spacial score (nSPS) is 15.2. The quantitative estimate of drug-likeness (QED) is 0.670. The molecule has 0 heterocycles. The Hall–Kier alpha value is -0.700. The Morgan fingerprint density at radius 3 is 1.33 bits per heavy atom. The summed E-state index contributed by atoms with van der Waals surface area (Å²) in [7, 11) is 0. The van der Waals surface area contributed by atoms with Gasteiger partial charge in [-0.15, -0.1) is 0 Å². The number of alkyl halides is 8. The van der Waals surface area contributed by atoms with Crippen molar-refractivity contribution in [3.05, 3.63) is 6.43 Å². The third-order valence-corrected chi connectivity index (χ3v) is 1.32. The third-order valence-electron chi connectivity index (χ3n) is 1.32. The van der Waals surface area contributed by atoms with E-state index in [9.17, 15) is 43.9 Å². The van der Waals surface area contributed by atoms with Crippen LogP contribution >= 0.6 is 0 Å². The van der Waals surface area contributed by atoms with Crippen LogP contribution in [0.25, 0.3) is 0 Å². The molecule has 0 aliphatic carbocycles. The average Bonchev–Trinajstić information content (AvgIpc) is 2.02. The van der Waals surface area contributed by atoms with E-state index in [-0.39, 0.29) is 0 Å². The molecule has 0 aromatic rings. The number of hydrogen-bond acceptors (Lipinski definition) is 0. The summed E-state index contributed by atoms with van der Waals surface area (Å²) < 4.78 is 116. The SMILES string of the molecule is F[C](F)C(F)(F)C(F)(F)C(F)(F)C(F)F. The first-order valence-electron chi connectivity index (χ1n) is 2.99. The van der Waals surface area contributed by atoms with Crippen LogP contribution in [-0.2, 0) is 0 Å². The topological polar surface area (TPSA) is 0 Å². The monoisotopic (exact) mass is 251 g/mol. The summed E-state index contributed by atoms with van der Waals surface area (Å²) in [6.45, 7) is 0. The highest BCUT2D eigenvalue weighted by molar-refractivity contribution is 5.04. The molecule has 0 aromatic heterocycles. The Morgan fingerprint density at radius 2 is 1.13 bits per heavy atom. The van der Waals surface area contributed by atoms with Crippen molar-refractivity contribution in [1.29, 1.82) is 0 Å². The van der Waals surface area contributed by atoms with Crippen LogP contribution in [0, 0.1) is 6.43 Å². The van der Waals surface area contributed by atoms with E-state index in [1.165, 1.54) is 0 Å². The fourth-order valence-corrected chi connectivity index (χ4v) is 0.465. The minimum absolute atomic E-state index is 4.37. The zero-order valence-corrected chi connectivity index (χ0v) is 6.36. The smallest absolute Gasteiger partial charge is 0.203 e. The van der Waals surface area contributed by atoms with Crippen LogP contribution < -0.4 is 0 Å². The molecule has 0 spiro atoms. The standard InChI is InChI=1S/C5HF10/c6-1(7)3(10,11)5(14,15)4(12,13)2(8)9/h1H. The molecule has 0 N–H and O–H groups in total. The first kappa shape index (κ1) is 14.3. The Labute approximate surface area is 75.9 Å². The maximum absolute atomic E-state index is 12.0. The summed E-state index contributed by atoms with van der Waals surface area (Å²) >= 11 is 0. The first-order chi connectivity index (χ1) is 6.39. The molecule has 0 aliphatic heterocycles. The van der Waals surface area contributed by atoms with Crippen LogP contribution in [0.3, 0.4) is 0 Å². The zero-order chi connectivity index (χ0) is 12.7. The van der Waals surface area contributed by atoms with Crippen LogP contribution in [0.5, 0.6) is 0 Å². The van der Waals surface area contributed by atoms with E-state index in [2.05, 4.69) is 0 Å². The summed E-state index contributed by atoms with van der Waals surface area (Å²) in [6, 6.07) is 0. The van der Waals surface area contributed by atoms with E-state index in [1.54, 1.807) is 0 Å². The maximum Gasteiger partial charge on any atom is 0.385 e. The molecule has 0 aromatic carbocycles. The first-order valence-corrected chi connectivity index (χ1v) is 2.99. The van der Waals surface area contributed by atoms with Crippen molar-refractivity contribution in [2.45, 2.75) is 24.2 Å². The summed E-state index contributed by atoms with van der Waals surface area (Å²) in [4.78, 5) is 0. The van der Waals surface area contributed by atoms with Gasteiger partial charge in [0.1, 0.15) is 0 Å². The van der Waals surface area contributed by atoms with Crippen molar-refractivity contribution < 1.29 is 43.9 Å². The molecule has 91 valence electrons. The second-order valence-corrected chi connectivity index (χ2v) is 2.33. The predicted octanol–water partition coefficient (Wildman–Crippen LogP) is 3.59. The number of halogens is 10. The van der Waals surface area contributed by atoms with Gasteiger partial charge < -0.3 is 0 Å². The van der Waals surface area contributed by atoms with Gasteiger partial charge in [0, 0.05) is 0 Å². The molecular formula is C5HF10. The van der Waals surface area contributed by atoms with E-state index >= 15 is 0 Å². The lowest BCUT2D eigenvalue weighted by Crippen LogP contribution is -2.58. The van der Waals surface area contributed by atoms with E-state index in [4.69, 9.17) is 0 Å². The molecule has 0 bridgehead atoms. The average molecular weight is 251 g/mol. The van der Waals surface area contributed by atoms with Gasteiger partial charge in [0.2, 0.25) is 0 Å². The minimum atomic E-state index is -6.87. The Bertz CT molecular complexity index is 196. The molecule has 0 fully saturated rings. The van der Waals surface area contributed by atoms with Crippen LogP contribution in [0.2, 0.25) is 0 Å². The van der Waals surface area contributed by atoms with Crippen molar-refractivity contribution in [3.63, 3.8) is 0 Å². The van der Waals surface area contributed by atoms with Crippen LogP contribution in [-0.4, -0.2) is 24.2 Å². The third kappa shape index (κ3) is 1.98. The molecule has 0 atom stereocenters. The van der Waals surface area contributed by atoms with Gasteiger partial charge in [0.05, 0.1) is 0 Å². The summed E-state index contributed by atoms with van der Waals surface area (Å²) in [6.07, 6.45) is -9.56. The van der Waals surface area contributed by atoms with E-state index < -0.39 is 30.6 Å². The lowest BCUT2D eigenvalue weighted by molar-refractivity contribution is -0.344. The molecule has 0 saturated heterocycles. The van der Waals surface area contributed by atoms with Crippen LogP contribution in [0.4, 0.5) is 43.9 Å². The highest BCUT2D eigenvalue weighted by Crippen LogP contribution is 2.52. The highest BCUT2D eigenvalue weighted by Gasteiger charge is 2.79. The van der Waals surface area contributed by atoms with Crippen LogP contribution in [0.15, 0.2) is 0 Å². The van der Waals surface area contributed by atoms with E-state index in [0.717, 1.165) is 0 Å². The van der Waals surface area contributed by atoms with Gasteiger partial charge in [-0.2, -0.15) is 35.1 Å². The fraction of sp³-hybridized carbons (Fsp3) is 0.800. The molecule has 1 radical (unpaired) electrons. The molecule has 0 unspecified atom stereocenters. The molecule has 10 heteroatoms. The van der Waals surface area contributed by atoms with Crippen molar-refractivity contribution in [1.82, 2.24) is 0 Å². The number of hydrogen-bond donors (Lipinski definition) is 0. The highest BCUT2D eigenvalue weighted by atomic mass is 19.4. The second-order valence-electron chi connectivity index (χ2n) is 2.33. The number of rotatable bonds is 4. The summed E-state index contributed by atoms with van der Waals surface area (Å²) in [5, 5.41) is 0. The van der Waals surface area contributed by atoms with Gasteiger partial charge in [-0.25, -0.2) is 8.78 Å². The fourth-order valence-electron chi connectivity index (χ4n) is 0.465. The van der Waals surface area contributed by atoms with E-state index in [0.29, 0.717) is 0 Å². The van der Waals surface area contributed by atoms with Gasteiger partial charge >= 0.3 is 30.6 Å². The van der Waals surface area contributed by atoms with E-state index in [1.807, 2.05) is 0 Å². The van der Waals surface area contributed by atoms with Crippen molar-refractivity contribution in [3.8, 4) is 0 Å². The Kier molecular flexibility index (Phi) is 3.53. The second kappa shape index (κ2) is 3.71. The maximum atomic E-state index is 12.0. The minimum Gasteiger partial charge on any atom is -0.203 e. The Morgan fingerprint density at radius 1 is 0.800 bits per heavy atom. The van der Waals surface area contributed by atoms with Gasteiger partial charge in [0.25, 0.3) is 0 Å². The van der Waals surface area contributed by atoms with Gasteiger partial charge in [0.15, 0.2) is 0 Å². The van der Waals surface area contributed by atoms with Gasteiger partial charge in [-0.1, -0.05) is 0 Å². The van der Waals surface area contributed by atoms with Crippen molar-refractivity contribution in [2.24, 2.45) is 0 Å². The summed E-state index contributed by atoms with van der Waals surface area (Å²) in [5.74, 6) is -20.0. The predicted molar refractivity (Wildman–Crippen MR) is 26.3 cm³/mol. The lowest BCUT2D eigenvalue weighted by Gasteiger charge is -2.30. The summed E-state index contributed by atoms with van der Waals surface area (Å²) in [5.41, 5.74) is 0. The molecule has 0 amide bonds. The molecule has 0 rings (SSSR count). The zero-order valence-electron chi connectivity index (χ0n) is 6.36. The van der Waals surface area contributed by atoms with Gasteiger partial charge in [-0.05, 0) is 0 Å². The molecule has 0 aliphatic rings. The van der Waals surface area contributed by atoms with Gasteiger partial charge in [-0.3, -0.25) is 0 Å². The lowest BCUT2D eigenvalue weighted by atomic mass is 10.1. The van der Waals surface area contributed by atoms with Crippen molar-refractivity contribution in [2.75, 3.05) is 0 Å². The van der Waals surface area contributed by atoms with Crippen LogP contribution in [0.1, 0.15) is 0 Å². The Balaban J connectivity index is 5.30. The largest absolute Gasteiger partial charge is 0.385 e. The van der Waals surface area contributed by atoms with Crippen molar-refractivity contribution >= 4 is 0 Å².